The number of aromatic nitrogens is 2. The Morgan fingerprint density at radius 3 is 3.16 bits per heavy atom. The van der Waals surface area contributed by atoms with Crippen LogP contribution >= 0.6 is 12.4 Å². The van der Waals surface area contributed by atoms with Crippen LogP contribution in [0.4, 0.5) is 0 Å². The number of hydrogen-bond donors (Lipinski definition) is 2. The third kappa shape index (κ3) is 6.26. The highest BCUT2D eigenvalue weighted by molar-refractivity contribution is 5.92. The van der Waals surface area contributed by atoms with Crippen molar-refractivity contribution in [2.24, 2.45) is 5.92 Å². The summed E-state index contributed by atoms with van der Waals surface area (Å²) in [6, 6.07) is 2.15. The number of carbonyl (C=O) groups is 1. The number of nitrogens with one attached hydrogen (secondary N) is 2. The third-order valence-corrected chi connectivity index (χ3v) is 4.61. The lowest BCUT2D eigenvalue weighted by molar-refractivity contribution is 0.0851. The van der Waals surface area contributed by atoms with E-state index < -0.39 is 0 Å². The van der Waals surface area contributed by atoms with E-state index in [1.165, 1.54) is 0 Å². The molecule has 25 heavy (non-hydrogen) atoms. The van der Waals surface area contributed by atoms with Crippen molar-refractivity contribution in [3.8, 4) is 0 Å². The molecule has 2 atom stereocenters. The number of nitrogens with zero attached hydrogens (tertiary/aromatic N) is 2. The molecule has 142 valence electrons. The van der Waals surface area contributed by atoms with Gasteiger partial charge >= 0.3 is 0 Å². The van der Waals surface area contributed by atoms with E-state index in [0.717, 1.165) is 58.6 Å². The van der Waals surface area contributed by atoms with Crippen LogP contribution in [-0.2, 0) is 9.47 Å². The lowest BCUT2D eigenvalue weighted by Gasteiger charge is -2.22. The van der Waals surface area contributed by atoms with Crippen molar-refractivity contribution < 1.29 is 14.3 Å². The maximum atomic E-state index is 12.1. The number of piperidine rings is 1. The molecule has 2 saturated heterocycles. The first-order chi connectivity index (χ1) is 11.8. The average Bonchev–Trinajstić information content (AvgIpc) is 3.30. The van der Waals surface area contributed by atoms with Gasteiger partial charge in [-0.1, -0.05) is 0 Å². The van der Waals surface area contributed by atoms with E-state index in [9.17, 15) is 4.79 Å². The summed E-state index contributed by atoms with van der Waals surface area (Å²) in [6.45, 7) is 5.70. The fraction of sp³-hybridized carbons (Fsp3) is 0.765. The maximum Gasteiger partial charge on any atom is 0.271 e. The molecule has 2 aliphatic rings. The van der Waals surface area contributed by atoms with Gasteiger partial charge < -0.3 is 20.1 Å². The monoisotopic (exact) mass is 372 g/mol. The minimum absolute atomic E-state index is 0. The summed E-state index contributed by atoms with van der Waals surface area (Å²) in [6.07, 6.45) is 6.07. The van der Waals surface area contributed by atoms with Crippen molar-refractivity contribution in [1.29, 1.82) is 0 Å². The second kappa shape index (κ2) is 10.8. The van der Waals surface area contributed by atoms with Gasteiger partial charge in [0.1, 0.15) is 5.69 Å². The number of halogens is 1. The third-order valence-electron chi connectivity index (χ3n) is 4.61. The van der Waals surface area contributed by atoms with Crippen molar-refractivity contribution >= 4 is 18.3 Å². The summed E-state index contributed by atoms with van der Waals surface area (Å²) in [5.41, 5.74) is 0.490. The van der Waals surface area contributed by atoms with Crippen LogP contribution in [0, 0.1) is 5.92 Å². The Hall–Kier alpha value is -1.15. The summed E-state index contributed by atoms with van der Waals surface area (Å²) in [7, 11) is 0. The predicted octanol–water partition coefficient (Wildman–Crippen LogP) is 1.40. The smallest absolute Gasteiger partial charge is 0.271 e. The van der Waals surface area contributed by atoms with Crippen LogP contribution in [0.3, 0.4) is 0 Å². The predicted molar refractivity (Wildman–Crippen MR) is 97.3 cm³/mol. The first-order valence-corrected chi connectivity index (χ1v) is 9.02. The van der Waals surface area contributed by atoms with Crippen molar-refractivity contribution in [3.63, 3.8) is 0 Å². The van der Waals surface area contributed by atoms with Crippen LogP contribution in [0.5, 0.6) is 0 Å². The number of carbonyl (C=O) groups excluding carboxylic acids is 1. The Balaban J connectivity index is 0.00000225. The van der Waals surface area contributed by atoms with Gasteiger partial charge in [-0.25, -0.2) is 0 Å². The molecule has 0 radical (unpaired) electrons. The molecule has 2 aliphatic heterocycles. The standard InChI is InChI=1S/C17H28N4O3.ClH/c22-17(19-7-2-9-23-12-14-5-10-24-13-14)16-4-8-21(20-16)15-3-1-6-18-11-15;/h4,8,14-15,18H,1-3,5-7,9-13H2,(H,19,22);1H. The van der Waals surface area contributed by atoms with Crippen molar-refractivity contribution in [2.75, 3.05) is 46.1 Å². The average molecular weight is 373 g/mol. The van der Waals surface area contributed by atoms with Gasteiger partial charge in [0.05, 0.1) is 19.3 Å². The van der Waals surface area contributed by atoms with E-state index in [-0.39, 0.29) is 18.3 Å². The molecular weight excluding hydrogens is 344 g/mol. The Bertz CT molecular complexity index is 514. The molecule has 7 nitrogen and oxygen atoms in total. The molecular formula is C17H29ClN4O3. The molecule has 2 fully saturated rings. The molecule has 1 aromatic heterocycles. The van der Waals surface area contributed by atoms with Crippen molar-refractivity contribution in [2.45, 2.75) is 31.7 Å². The van der Waals surface area contributed by atoms with Gasteiger partial charge in [0.25, 0.3) is 5.91 Å². The molecule has 1 aromatic rings. The quantitative estimate of drug-likeness (QED) is 0.674. The summed E-state index contributed by atoms with van der Waals surface area (Å²) in [4.78, 5) is 12.1. The second-order valence-electron chi connectivity index (χ2n) is 6.60. The molecule has 0 bridgehead atoms. The SMILES string of the molecule is Cl.O=C(NCCCOCC1CCOC1)c1ccn(C2CCCNC2)n1. The summed E-state index contributed by atoms with van der Waals surface area (Å²) < 4.78 is 12.9. The van der Waals surface area contributed by atoms with Gasteiger partial charge in [-0.05, 0) is 38.3 Å². The molecule has 1 amide bonds. The van der Waals surface area contributed by atoms with Crippen LogP contribution in [-0.4, -0.2) is 61.7 Å². The second-order valence-corrected chi connectivity index (χ2v) is 6.60. The fourth-order valence-corrected chi connectivity index (χ4v) is 3.15. The zero-order valence-corrected chi connectivity index (χ0v) is 15.4. The lowest BCUT2D eigenvalue weighted by Crippen LogP contribution is -2.32. The molecule has 2 unspecified atom stereocenters. The summed E-state index contributed by atoms with van der Waals surface area (Å²) >= 11 is 0. The minimum atomic E-state index is -0.110. The Morgan fingerprint density at radius 2 is 2.40 bits per heavy atom. The van der Waals surface area contributed by atoms with Crippen LogP contribution in [0.25, 0.3) is 0 Å². The minimum Gasteiger partial charge on any atom is -0.381 e. The van der Waals surface area contributed by atoms with E-state index in [4.69, 9.17) is 9.47 Å². The van der Waals surface area contributed by atoms with E-state index in [1.807, 2.05) is 10.9 Å². The van der Waals surface area contributed by atoms with Crippen LogP contribution in [0.15, 0.2) is 12.3 Å². The molecule has 3 rings (SSSR count). The summed E-state index contributed by atoms with van der Waals surface area (Å²) in [5.74, 6) is 0.430. The van der Waals surface area contributed by atoms with Gasteiger partial charge in [0.2, 0.25) is 0 Å². The molecule has 0 aromatic carbocycles. The maximum absolute atomic E-state index is 12.1. The van der Waals surface area contributed by atoms with Gasteiger partial charge in [-0.2, -0.15) is 5.10 Å². The zero-order chi connectivity index (χ0) is 16.6. The van der Waals surface area contributed by atoms with Gasteiger partial charge in [-0.15, -0.1) is 12.4 Å². The van der Waals surface area contributed by atoms with Crippen molar-refractivity contribution in [1.82, 2.24) is 20.4 Å². The Morgan fingerprint density at radius 1 is 1.48 bits per heavy atom. The molecule has 0 aliphatic carbocycles. The Kier molecular flexibility index (Phi) is 8.67. The lowest BCUT2D eigenvalue weighted by atomic mass is 10.1. The van der Waals surface area contributed by atoms with Crippen LogP contribution < -0.4 is 10.6 Å². The van der Waals surface area contributed by atoms with E-state index in [0.29, 0.717) is 30.8 Å². The van der Waals surface area contributed by atoms with Gasteiger partial charge in [0, 0.05) is 38.4 Å². The molecule has 3 heterocycles. The fourth-order valence-electron chi connectivity index (χ4n) is 3.15. The first-order valence-electron chi connectivity index (χ1n) is 9.02. The molecule has 8 heteroatoms. The van der Waals surface area contributed by atoms with Gasteiger partial charge in [0.15, 0.2) is 0 Å². The summed E-state index contributed by atoms with van der Waals surface area (Å²) in [5, 5.41) is 10.7. The number of amides is 1. The van der Waals surface area contributed by atoms with Crippen LogP contribution in [0.2, 0.25) is 0 Å². The molecule has 0 saturated carbocycles. The molecule has 2 N–H and O–H groups in total. The zero-order valence-electron chi connectivity index (χ0n) is 14.6. The van der Waals surface area contributed by atoms with E-state index in [1.54, 1.807) is 6.07 Å². The molecule has 0 spiro atoms. The van der Waals surface area contributed by atoms with E-state index >= 15 is 0 Å². The largest absolute Gasteiger partial charge is 0.381 e. The van der Waals surface area contributed by atoms with Crippen molar-refractivity contribution in [3.05, 3.63) is 18.0 Å². The first kappa shape index (κ1) is 20.2. The number of rotatable bonds is 8. The van der Waals surface area contributed by atoms with E-state index in [2.05, 4.69) is 15.7 Å². The highest BCUT2D eigenvalue weighted by atomic mass is 35.5. The number of ether oxygens (including phenoxy) is 2. The highest BCUT2D eigenvalue weighted by Gasteiger charge is 2.18. The number of hydrogen-bond acceptors (Lipinski definition) is 5. The Labute approximate surface area is 155 Å². The van der Waals surface area contributed by atoms with Gasteiger partial charge in [-0.3, -0.25) is 9.48 Å². The van der Waals surface area contributed by atoms with Crippen LogP contribution in [0.1, 0.15) is 42.2 Å². The topological polar surface area (TPSA) is 77.4 Å². The highest BCUT2D eigenvalue weighted by Crippen LogP contribution is 2.15. The normalized spacial score (nSPS) is 23.2.